The fraction of sp³-hybridized carbons (Fsp3) is 0.412. The van der Waals surface area contributed by atoms with Gasteiger partial charge >= 0.3 is 0 Å². The predicted octanol–water partition coefficient (Wildman–Crippen LogP) is 1.36. The summed E-state index contributed by atoms with van der Waals surface area (Å²) in [7, 11) is -2.90. The maximum absolute atomic E-state index is 12.0. The van der Waals surface area contributed by atoms with E-state index in [1.807, 2.05) is 24.3 Å². The minimum Gasteiger partial charge on any atom is -0.352 e. The molecule has 2 N–H and O–H groups in total. The summed E-state index contributed by atoms with van der Waals surface area (Å²) < 4.78 is 22.8. The Labute approximate surface area is 140 Å². The summed E-state index contributed by atoms with van der Waals surface area (Å²) in [5.41, 5.74) is 1.06. The molecule has 1 unspecified atom stereocenters. The molecule has 1 aromatic carbocycles. The lowest BCUT2D eigenvalue weighted by Crippen LogP contribution is -2.27. The predicted molar refractivity (Wildman–Crippen MR) is 92.4 cm³/mol. The van der Waals surface area contributed by atoms with E-state index >= 15 is 0 Å². The lowest BCUT2D eigenvalue weighted by molar-refractivity contribution is -0.121. The third kappa shape index (κ3) is 4.03. The van der Waals surface area contributed by atoms with Crippen molar-refractivity contribution >= 4 is 26.6 Å². The van der Waals surface area contributed by atoms with Crippen LogP contribution >= 0.6 is 0 Å². The molecule has 1 saturated heterocycles. The molecule has 6 nitrogen and oxygen atoms in total. The first-order chi connectivity index (χ1) is 11.4. The van der Waals surface area contributed by atoms with E-state index in [9.17, 15) is 18.0 Å². The molecule has 1 atom stereocenters. The Bertz CT molecular complexity index is 918. The third-order valence-corrected chi connectivity index (χ3v) is 6.25. The van der Waals surface area contributed by atoms with Crippen LogP contribution in [0.2, 0.25) is 0 Å². The van der Waals surface area contributed by atoms with Crippen LogP contribution in [0.15, 0.2) is 35.1 Å². The summed E-state index contributed by atoms with van der Waals surface area (Å²) in [6.07, 6.45) is 1.49. The number of aromatic amines is 1. The monoisotopic (exact) mass is 348 g/mol. The van der Waals surface area contributed by atoms with Gasteiger partial charge in [0.25, 0.3) is 5.56 Å². The Morgan fingerprint density at radius 3 is 2.83 bits per heavy atom. The fourth-order valence-corrected chi connectivity index (χ4v) is 4.95. The van der Waals surface area contributed by atoms with Gasteiger partial charge in [0, 0.05) is 24.0 Å². The number of rotatable bonds is 5. The quantitative estimate of drug-likeness (QED) is 0.853. The standard InChI is InChI=1S/C17H20N2O4S/c20-16(6-5-12-7-8-24(22,23)11-12)18-10-14-9-13-3-1-2-4-15(13)19-17(14)21/h1-4,9,12H,5-8,10-11H2,(H,18,20)(H,19,21). The van der Waals surface area contributed by atoms with Crippen molar-refractivity contribution < 1.29 is 13.2 Å². The highest BCUT2D eigenvalue weighted by Gasteiger charge is 2.27. The van der Waals surface area contributed by atoms with E-state index in [4.69, 9.17) is 0 Å². The summed E-state index contributed by atoms with van der Waals surface area (Å²) in [4.78, 5) is 26.7. The van der Waals surface area contributed by atoms with Crippen LogP contribution in [0.4, 0.5) is 0 Å². The summed E-state index contributed by atoms with van der Waals surface area (Å²) in [5, 5.41) is 3.66. The molecule has 1 aliphatic heterocycles. The molecule has 1 aliphatic rings. The van der Waals surface area contributed by atoms with Crippen molar-refractivity contribution in [3.8, 4) is 0 Å². The topological polar surface area (TPSA) is 96.1 Å². The molecule has 0 saturated carbocycles. The van der Waals surface area contributed by atoms with Crippen molar-refractivity contribution in [3.63, 3.8) is 0 Å². The zero-order chi connectivity index (χ0) is 17.2. The van der Waals surface area contributed by atoms with E-state index in [0.29, 0.717) is 18.4 Å². The lowest BCUT2D eigenvalue weighted by Gasteiger charge is -2.08. The molecule has 128 valence electrons. The smallest absolute Gasteiger partial charge is 0.253 e. The van der Waals surface area contributed by atoms with Crippen LogP contribution < -0.4 is 10.9 Å². The Hall–Kier alpha value is -2.15. The number of carbonyl (C=O) groups excluding carboxylic acids is 1. The molecule has 0 aliphatic carbocycles. The van der Waals surface area contributed by atoms with Gasteiger partial charge in [0.15, 0.2) is 9.84 Å². The molecule has 24 heavy (non-hydrogen) atoms. The van der Waals surface area contributed by atoms with Crippen LogP contribution in [0.5, 0.6) is 0 Å². The van der Waals surface area contributed by atoms with E-state index in [0.717, 1.165) is 10.9 Å². The number of H-pyrrole nitrogens is 1. The van der Waals surface area contributed by atoms with Crippen molar-refractivity contribution in [3.05, 3.63) is 46.2 Å². The van der Waals surface area contributed by atoms with Crippen LogP contribution in [0, 0.1) is 5.92 Å². The van der Waals surface area contributed by atoms with Crippen molar-refractivity contribution in [2.75, 3.05) is 11.5 Å². The summed E-state index contributed by atoms with van der Waals surface area (Å²) >= 11 is 0. The van der Waals surface area contributed by atoms with Crippen LogP contribution in [0.25, 0.3) is 10.9 Å². The van der Waals surface area contributed by atoms with Crippen molar-refractivity contribution in [1.29, 1.82) is 0 Å². The highest BCUT2D eigenvalue weighted by molar-refractivity contribution is 7.91. The number of amides is 1. The van der Waals surface area contributed by atoms with E-state index in [2.05, 4.69) is 10.3 Å². The maximum Gasteiger partial charge on any atom is 0.253 e. The Morgan fingerprint density at radius 1 is 1.29 bits per heavy atom. The van der Waals surface area contributed by atoms with Crippen LogP contribution in [0.3, 0.4) is 0 Å². The number of benzene rings is 1. The van der Waals surface area contributed by atoms with E-state index in [1.165, 1.54) is 0 Å². The van der Waals surface area contributed by atoms with Gasteiger partial charge in [0.05, 0.1) is 11.5 Å². The normalized spacial score (nSPS) is 19.4. The Balaban J connectivity index is 1.55. The van der Waals surface area contributed by atoms with Gasteiger partial charge in [-0.1, -0.05) is 18.2 Å². The number of fused-ring (bicyclic) bond motifs is 1. The second-order valence-corrected chi connectivity index (χ2v) is 8.52. The molecule has 1 aromatic heterocycles. The minimum atomic E-state index is -2.90. The molecular weight excluding hydrogens is 328 g/mol. The Morgan fingerprint density at radius 2 is 2.08 bits per heavy atom. The average molecular weight is 348 g/mol. The molecule has 1 amide bonds. The second-order valence-electron chi connectivity index (χ2n) is 6.30. The van der Waals surface area contributed by atoms with Gasteiger partial charge in [-0.05, 0) is 36.3 Å². The van der Waals surface area contributed by atoms with E-state index in [-0.39, 0.29) is 41.9 Å². The van der Waals surface area contributed by atoms with E-state index < -0.39 is 9.84 Å². The van der Waals surface area contributed by atoms with Gasteiger partial charge in [-0.15, -0.1) is 0 Å². The van der Waals surface area contributed by atoms with Crippen LogP contribution in [-0.4, -0.2) is 30.8 Å². The molecular formula is C17H20N2O4S. The lowest BCUT2D eigenvalue weighted by atomic mass is 10.0. The molecule has 2 heterocycles. The largest absolute Gasteiger partial charge is 0.352 e. The van der Waals surface area contributed by atoms with Gasteiger partial charge in [0.2, 0.25) is 5.91 Å². The number of nitrogens with one attached hydrogen (secondary N) is 2. The molecule has 0 bridgehead atoms. The van der Waals surface area contributed by atoms with Gasteiger partial charge < -0.3 is 10.3 Å². The SMILES string of the molecule is O=C(CCC1CCS(=O)(=O)C1)NCc1cc2ccccc2[nH]c1=O. The average Bonchev–Trinajstić information content (AvgIpc) is 2.90. The number of aromatic nitrogens is 1. The number of hydrogen-bond acceptors (Lipinski definition) is 4. The summed E-state index contributed by atoms with van der Waals surface area (Å²) in [5.74, 6) is 0.327. The van der Waals surface area contributed by atoms with Gasteiger partial charge in [-0.25, -0.2) is 8.42 Å². The highest BCUT2D eigenvalue weighted by atomic mass is 32.2. The van der Waals surface area contributed by atoms with E-state index in [1.54, 1.807) is 6.07 Å². The first kappa shape index (κ1) is 16.7. The van der Waals surface area contributed by atoms with Crippen LogP contribution in [0.1, 0.15) is 24.8 Å². The second kappa shape index (κ2) is 6.76. The maximum atomic E-state index is 12.0. The molecule has 1 fully saturated rings. The zero-order valence-corrected chi connectivity index (χ0v) is 14.1. The number of para-hydroxylation sites is 1. The number of pyridine rings is 1. The van der Waals surface area contributed by atoms with Crippen molar-refractivity contribution in [2.24, 2.45) is 5.92 Å². The summed E-state index contributed by atoms with van der Waals surface area (Å²) in [6, 6.07) is 9.24. The first-order valence-electron chi connectivity index (χ1n) is 8.01. The highest BCUT2D eigenvalue weighted by Crippen LogP contribution is 2.22. The molecule has 2 aromatic rings. The number of sulfone groups is 1. The van der Waals surface area contributed by atoms with Gasteiger partial charge in [0.1, 0.15) is 0 Å². The number of hydrogen-bond donors (Lipinski definition) is 2. The van der Waals surface area contributed by atoms with Gasteiger partial charge in [-0.2, -0.15) is 0 Å². The van der Waals surface area contributed by atoms with Gasteiger partial charge in [-0.3, -0.25) is 9.59 Å². The fourth-order valence-electron chi connectivity index (χ4n) is 3.04. The molecule has 7 heteroatoms. The summed E-state index contributed by atoms with van der Waals surface area (Å²) in [6.45, 7) is 0.169. The minimum absolute atomic E-state index is 0.0739. The number of carbonyl (C=O) groups is 1. The molecule has 0 spiro atoms. The zero-order valence-electron chi connectivity index (χ0n) is 13.2. The third-order valence-electron chi connectivity index (χ3n) is 4.41. The first-order valence-corrected chi connectivity index (χ1v) is 9.83. The Kier molecular flexibility index (Phi) is 4.71. The molecule has 3 rings (SSSR count). The van der Waals surface area contributed by atoms with Crippen LogP contribution in [-0.2, 0) is 21.2 Å². The van der Waals surface area contributed by atoms with Crippen molar-refractivity contribution in [2.45, 2.75) is 25.8 Å². The molecule has 0 radical (unpaired) electrons. The van der Waals surface area contributed by atoms with Crippen molar-refractivity contribution in [1.82, 2.24) is 10.3 Å².